The summed E-state index contributed by atoms with van der Waals surface area (Å²) >= 11 is 0. The normalized spacial score (nSPS) is 10.3. The molecule has 0 aliphatic heterocycles. The minimum absolute atomic E-state index is 0.0637. The Morgan fingerprint density at radius 2 is 1.85 bits per heavy atom. The first kappa shape index (κ1) is 14.3. The van der Waals surface area contributed by atoms with Crippen LogP contribution in [0, 0.1) is 0 Å². The molecule has 0 spiro atoms. The van der Waals surface area contributed by atoms with Gasteiger partial charge in [0.25, 0.3) is 5.91 Å². The Morgan fingerprint density at radius 1 is 1.10 bits per heavy atom. The molecule has 1 amide bonds. The molecule has 104 valence electrons. The summed E-state index contributed by atoms with van der Waals surface area (Å²) < 4.78 is 0. The van der Waals surface area contributed by atoms with Gasteiger partial charge in [-0.05, 0) is 35.2 Å². The third-order valence-electron chi connectivity index (χ3n) is 3.36. The van der Waals surface area contributed by atoms with Crippen LogP contribution in [0.4, 0.5) is 0 Å². The molecule has 0 radical (unpaired) electrons. The predicted molar refractivity (Wildman–Crippen MR) is 81.3 cm³/mol. The van der Waals surface area contributed by atoms with Gasteiger partial charge in [0.2, 0.25) is 0 Å². The first-order chi connectivity index (χ1) is 9.74. The van der Waals surface area contributed by atoms with Crippen molar-refractivity contribution in [2.45, 2.75) is 26.4 Å². The second-order valence-electron chi connectivity index (χ2n) is 4.71. The molecule has 0 atom stereocenters. The summed E-state index contributed by atoms with van der Waals surface area (Å²) in [5.41, 5.74) is 9.64. The highest BCUT2D eigenvalue weighted by Crippen LogP contribution is 2.10. The number of aryl methyl sites for hydroxylation is 1. The second-order valence-corrected chi connectivity index (χ2v) is 4.71. The topological polar surface area (TPSA) is 55.1 Å². The van der Waals surface area contributed by atoms with Crippen LogP contribution in [0.2, 0.25) is 0 Å². The lowest BCUT2D eigenvalue weighted by Crippen LogP contribution is -2.23. The van der Waals surface area contributed by atoms with Crippen LogP contribution < -0.4 is 11.1 Å². The zero-order valence-corrected chi connectivity index (χ0v) is 11.7. The van der Waals surface area contributed by atoms with Crippen molar-refractivity contribution < 1.29 is 4.79 Å². The van der Waals surface area contributed by atoms with Gasteiger partial charge in [-0.2, -0.15) is 0 Å². The second kappa shape index (κ2) is 6.87. The molecule has 0 saturated carbocycles. The van der Waals surface area contributed by atoms with Crippen LogP contribution >= 0.6 is 0 Å². The first-order valence-corrected chi connectivity index (χ1v) is 6.88. The molecule has 2 rings (SSSR count). The Hall–Kier alpha value is -2.13. The van der Waals surface area contributed by atoms with E-state index in [0.29, 0.717) is 18.7 Å². The van der Waals surface area contributed by atoms with Crippen molar-refractivity contribution in [3.05, 3.63) is 70.8 Å². The number of nitrogens with one attached hydrogen (secondary N) is 1. The fourth-order valence-electron chi connectivity index (χ4n) is 2.19. The fraction of sp³-hybridized carbons (Fsp3) is 0.235. The smallest absolute Gasteiger partial charge is 0.251 e. The number of nitrogens with two attached hydrogens (primary N) is 1. The van der Waals surface area contributed by atoms with Crippen LogP contribution in [0.1, 0.15) is 34.0 Å². The van der Waals surface area contributed by atoms with Crippen LogP contribution in [0.3, 0.4) is 0 Å². The number of amides is 1. The van der Waals surface area contributed by atoms with E-state index < -0.39 is 0 Å². The molecule has 0 aromatic heterocycles. The third kappa shape index (κ3) is 3.45. The van der Waals surface area contributed by atoms with E-state index in [4.69, 9.17) is 5.73 Å². The van der Waals surface area contributed by atoms with Gasteiger partial charge in [-0.1, -0.05) is 43.3 Å². The lowest BCUT2D eigenvalue weighted by Gasteiger charge is -2.10. The average molecular weight is 268 g/mol. The number of benzene rings is 2. The van der Waals surface area contributed by atoms with Crippen molar-refractivity contribution in [3.8, 4) is 0 Å². The minimum Gasteiger partial charge on any atom is -0.348 e. The van der Waals surface area contributed by atoms with Crippen molar-refractivity contribution in [2.75, 3.05) is 0 Å². The van der Waals surface area contributed by atoms with E-state index in [1.165, 1.54) is 11.1 Å². The molecule has 0 unspecified atom stereocenters. The molecular weight excluding hydrogens is 248 g/mol. The SMILES string of the molecule is CCc1ccccc1CNC(=O)c1cccc(CN)c1. The number of rotatable bonds is 5. The zero-order valence-electron chi connectivity index (χ0n) is 11.7. The maximum Gasteiger partial charge on any atom is 0.251 e. The molecule has 0 fully saturated rings. The van der Waals surface area contributed by atoms with Gasteiger partial charge in [-0.15, -0.1) is 0 Å². The summed E-state index contributed by atoms with van der Waals surface area (Å²) in [5.74, 6) is -0.0637. The molecule has 3 heteroatoms. The molecule has 2 aromatic carbocycles. The standard InChI is InChI=1S/C17H20N2O/c1-2-14-7-3-4-8-16(14)12-19-17(20)15-9-5-6-13(10-15)11-18/h3-10H,2,11-12,18H2,1H3,(H,19,20). The maximum atomic E-state index is 12.1. The summed E-state index contributed by atoms with van der Waals surface area (Å²) in [5, 5.41) is 2.96. The van der Waals surface area contributed by atoms with Gasteiger partial charge in [0, 0.05) is 18.7 Å². The van der Waals surface area contributed by atoms with Gasteiger partial charge in [0.15, 0.2) is 0 Å². The molecule has 3 N–H and O–H groups in total. The predicted octanol–water partition coefficient (Wildman–Crippen LogP) is 2.64. The highest BCUT2D eigenvalue weighted by atomic mass is 16.1. The lowest BCUT2D eigenvalue weighted by molar-refractivity contribution is 0.0950. The molecule has 0 saturated heterocycles. The van der Waals surface area contributed by atoms with E-state index >= 15 is 0 Å². The Labute approximate surface area is 119 Å². The molecular formula is C17H20N2O. The van der Waals surface area contributed by atoms with Crippen molar-refractivity contribution >= 4 is 5.91 Å². The van der Waals surface area contributed by atoms with Crippen molar-refractivity contribution in [1.29, 1.82) is 0 Å². The van der Waals surface area contributed by atoms with Crippen LogP contribution in [0.15, 0.2) is 48.5 Å². The number of carbonyl (C=O) groups excluding carboxylic acids is 1. The molecule has 2 aromatic rings. The van der Waals surface area contributed by atoms with Crippen LogP contribution in [0.5, 0.6) is 0 Å². The molecule has 0 bridgehead atoms. The van der Waals surface area contributed by atoms with Crippen molar-refractivity contribution in [3.63, 3.8) is 0 Å². The molecule has 0 heterocycles. The molecule has 0 aliphatic rings. The number of hydrogen-bond donors (Lipinski definition) is 2. The fourth-order valence-corrected chi connectivity index (χ4v) is 2.19. The maximum absolute atomic E-state index is 12.1. The summed E-state index contributed by atoms with van der Waals surface area (Å²) in [6.45, 7) is 3.11. The van der Waals surface area contributed by atoms with Gasteiger partial charge in [-0.3, -0.25) is 4.79 Å². The quantitative estimate of drug-likeness (QED) is 0.876. The van der Waals surface area contributed by atoms with E-state index in [1.807, 2.05) is 30.3 Å². The third-order valence-corrected chi connectivity index (χ3v) is 3.36. The minimum atomic E-state index is -0.0637. The van der Waals surface area contributed by atoms with E-state index in [2.05, 4.69) is 24.4 Å². The van der Waals surface area contributed by atoms with Gasteiger partial charge in [-0.25, -0.2) is 0 Å². The monoisotopic (exact) mass is 268 g/mol. The number of hydrogen-bond acceptors (Lipinski definition) is 2. The van der Waals surface area contributed by atoms with Gasteiger partial charge < -0.3 is 11.1 Å². The zero-order chi connectivity index (χ0) is 14.4. The van der Waals surface area contributed by atoms with Gasteiger partial charge >= 0.3 is 0 Å². The first-order valence-electron chi connectivity index (χ1n) is 6.88. The van der Waals surface area contributed by atoms with E-state index in [9.17, 15) is 4.79 Å². The lowest BCUT2D eigenvalue weighted by atomic mass is 10.1. The van der Waals surface area contributed by atoms with Gasteiger partial charge in [0.05, 0.1) is 0 Å². The van der Waals surface area contributed by atoms with E-state index in [0.717, 1.165) is 12.0 Å². The van der Waals surface area contributed by atoms with Crippen LogP contribution in [0.25, 0.3) is 0 Å². The highest BCUT2D eigenvalue weighted by Gasteiger charge is 2.07. The Bertz CT molecular complexity index is 593. The molecule has 20 heavy (non-hydrogen) atoms. The highest BCUT2D eigenvalue weighted by molar-refractivity contribution is 5.94. The van der Waals surface area contributed by atoms with Crippen molar-refractivity contribution in [1.82, 2.24) is 5.32 Å². The van der Waals surface area contributed by atoms with Crippen molar-refractivity contribution in [2.24, 2.45) is 5.73 Å². The summed E-state index contributed by atoms with van der Waals surface area (Å²) in [6.07, 6.45) is 0.967. The average Bonchev–Trinajstić information content (AvgIpc) is 2.52. The van der Waals surface area contributed by atoms with E-state index in [-0.39, 0.29) is 5.91 Å². The van der Waals surface area contributed by atoms with E-state index in [1.54, 1.807) is 6.07 Å². The van der Waals surface area contributed by atoms with Gasteiger partial charge in [0.1, 0.15) is 0 Å². The Morgan fingerprint density at radius 3 is 2.55 bits per heavy atom. The molecule has 0 aliphatic carbocycles. The largest absolute Gasteiger partial charge is 0.348 e. The van der Waals surface area contributed by atoms with Crippen LogP contribution in [-0.4, -0.2) is 5.91 Å². The van der Waals surface area contributed by atoms with Crippen LogP contribution in [-0.2, 0) is 19.5 Å². The summed E-state index contributed by atoms with van der Waals surface area (Å²) in [4.78, 5) is 12.1. The molecule has 3 nitrogen and oxygen atoms in total. The Kier molecular flexibility index (Phi) is 4.91. The summed E-state index contributed by atoms with van der Waals surface area (Å²) in [6, 6.07) is 15.6. The Balaban J connectivity index is 2.04. The summed E-state index contributed by atoms with van der Waals surface area (Å²) in [7, 11) is 0. The number of carbonyl (C=O) groups is 1.